The Labute approximate surface area is 320 Å². The van der Waals surface area contributed by atoms with Crippen molar-refractivity contribution in [3.05, 3.63) is 66.5 Å². The summed E-state index contributed by atoms with van der Waals surface area (Å²) in [6, 6.07) is 15.7. The number of phenols is 1. The molecule has 0 spiro atoms. The summed E-state index contributed by atoms with van der Waals surface area (Å²) in [6.45, 7) is 14.2. The quantitative estimate of drug-likeness (QED) is 0.146. The lowest BCUT2D eigenvalue weighted by molar-refractivity contribution is 0.0199. The van der Waals surface area contributed by atoms with Crippen molar-refractivity contribution in [2.75, 3.05) is 36.8 Å². The summed E-state index contributed by atoms with van der Waals surface area (Å²) in [5, 5.41) is 16.4. The lowest BCUT2D eigenvalue weighted by Gasteiger charge is -2.33. The fourth-order valence-corrected chi connectivity index (χ4v) is 6.15. The Morgan fingerprint density at radius 3 is 1.69 bits per heavy atom. The topological polar surface area (TPSA) is 178 Å². The molecule has 2 fully saturated rings. The number of para-hydroxylation sites is 2. The minimum Gasteiger partial charge on any atom is -0.506 e. The highest BCUT2D eigenvalue weighted by molar-refractivity contribution is 5.81. The van der Waals surface area contributed by atoms with Crippen molar-refractivity contribution in [3.8, 4) is 11.5 Å². The van der Waals surface area contributed by atoms with Gasteiger partial charge >= 0.3 is 12.2 Å². The summed E-state index contributed by atoms with van der Waals surface area (Å²) in [4.78, 5) is 40.7. The van der Waals surface area contributed by atoms with Crippen LogP contribution in [0.5, 0.6) is 11.5 Å². The molecule has 294 valence electrons. The third-order valence-corrected chi connectivity index (χ3v) is 8.87. The van der Waals surface area contributed by atoms with Crippen molar-refractivity contribution in [2.45, 2.75) is 97.1 Å². The molecule has 2 saturated heterocycles. The van der Waals surface area contributed by atoms with Crippen molar-refractivity contribution in [2.24, 2.45) is 0 Å². The van der Waals surface area contributed by atoms with Gasteiger partial charge in [-0.2, -0.15) is 9.97 Å². The Morgan fingerprint density at radius 1 is 0.727 bits per heavy atom. The number of carbonyl (C=O) groups is 2. The maximum Gasteiger partial charge on any atom is 0.410 e. The van der Waals surface area contributed by atoms with Crippen molar-refractivity contribution in [3.63, 3.8) is 0 Å². The fraction of sp³-hybridized carbons (Fsp3) is 0.475. The second kappa shape index (κ2) is 16.7. The number of aromatic nitrogens is 3. The van der Waals surface area contributed by atoms with Crippen molar-refractivity contribution in [1.82, 2.24) is 24.8 Å². The molecule has 0 atom stereocenters. The van der Waals surface area contributed by atoms with Crippen molar-refractivity contribution < 1.29 is 37.7 Å². The van der Waals surface area contributed by atoms with Crippen LogP contribution in [0.1, 0.15) is 72.8 Å². The molecule has 0 saturated carbocycles. The van der Waals surface area contributed by atoms with Gasteiger partial charge in [0.15, 0.2) is 22.2 Å². The second-order valence-electron chi connectivity index (χ2n) is 15.7. The molecule has 0 radical (unpaired) electrons. The maximum absolute atomic E-state index is 12.2. The molecule has 3 aromatic heterocycles. The molecule has 0 aliphatic carbocycles. The summed E-state index contributed by atoms with van der Waals surface area (Å²) in [5.41, 5.74) is 2.42. The van der Waals surface area contributed by atoms with E-state index in [1.165, 1.54) is 0 Å². The molecular formula is C40H51N7O8. The van der Waals surface area contributed by atoms with Gasteiger partial charge in [0.05, 0.1) is 0 Å². The van der Waals surface area contributed by atoms with Gasteiger partial charge in [-0.25, -0.2) is 9.59 Å². The molecule has 2 aromatic carbocycles. The van der Waals surface area contributed by atoms with E-state index in [1.54, 1.807) is 40.4 Å². The number of phenolic OH excluding ortho intramolecular Hbond substituents is 1. The number of benzene rings is 2. The van der Waals surface area contributed by atoms with Gasteiger partial charge in [-0.1, -0.05) is 12.1 Å². The van der Waals surface area contributed by atoms with Crippen LogP contribution in [0.15, 0.2) is 69.8 Å². The molecule has 15 nitrogen and oxygen atoms in total. The number of aromatic hydroxyl groups is 1. The summed E-state index contributed by atoms with van der Waals surface area (Å²) >= 11 is 0. The normalized spacial score (nSPS) is 15.7. The Hall–Kier alpha value is -5.73. The van der Waals surface area contributed by atoms with E-state index in [2.05, 4.69) is 25.6 Å². The molecule has 0 bridgehead atoms. The third-order valence-electron chi connectivity index (χ3n) is 8.87. The Kier molecular flexibility index (Phi) is 11.9. The van der Waals surface area contributed by atoms with Crippen molar-refractivity contribution in [1.29, 1.82) is 0 Å². The average Bonchev–Trinajstić information content (AvgIpc) is 3.75. The van der Waals surface area contributed by atoms with Crippen LogP contribution in [0.25, 0.3) is 22.2 Å². The van der Waals surface area contributed by atoms with Crippen LogP contribution in [0.3, 0.4) is 0 Å². The SMILES string of the molecule is CC(C)(C)OC(=O)N1CCC(Nc2nc3c(O)cccc3o2)CC1.CC(C)(C)OC(=O)N1CCC(Nc2nc3c(OCc4ccncc4)cccc3o2)CC1. The number of hydrogen-bond acceptors (Lipinski definition) is 13. The minimum atomic E-state index is -0.485. The molecule has 2 aliphatic rings. The molecule has 2 amide bonds. The van der Waals surface area contributed by atoms with E-state index in [0.29, 0.717) is 72.8 Å². The molecule has 15 heteroatoms. The monoisotopic (exact) mass is 757 g/mol. The van der Waals surface area contributed by atoms with Gasteiger partial charge < -0.3 is 48.6 Å². The highest BCUT2D eigenvalue weighted by Gasteiger charge is 2.29. The van der Waals surface area contributed by atoms with Gasteiger partial charge in [0, 0.05) is 50.7 Å². The predicted octanol–water partition coefficient (Wildman–Crippen LogP) is 7.96. The van der Waals surface area contributed by atoms with Crippen LogP contribution < -0.4 is 15.4 Å². The van der Waals surface area contributed by atoms with Gasteiger partial charge in [-0.05, 0) is 109 Å². The van der Waals surface area contributed by atoms with Crippen LogP contribution >= 0.6 is 0 Å². The highest BCUT2D eigenvalue weighted by Crippen LogP contribution is 2.30. The number of pyridine rings is 1. The Bertz CT molecular complexity index is 2040. The summed E-state index contributed by atoms with van der Waals surface area (Å²) in [6.07, 6.45) is 6.11. The number of rotatable bonds is 7. The first kappa shape index (κ1) is 39.0. The Morgan fingerprint density at radius 2 is 1.20 bits per heavy atom. The number of hydrogen-bond donors (Lipinski definition) is 3. The summed E-state index contributed by atoms with van der Waals surface area (Å²) in [5.74, 6) is 0.773. The van der Waals surface area contributed by atoms with Crippen LogP contribution in [-0.2, 0) is 16.1 Å². The van der Waals surface area contributed by atoms with Gasteiger partial charge in [-0.15, -0.1) is 0 Å². The zero-order valence-electron chi connectivity index (χ0n) is 32.3. The number of oxazole rings is 2. The first-order valence-electron chi connectivity index (χ1n) is 18.7. The highest BCUT2D eigenvalue weighted by atomic mass is 16.6. The Balaban J connectivity index is 0.000000193. The average molecular weight is 758 g/mol. The molecule has 0 unspecified atom stereocenters. The van der Waals surface area contributed by atoms with Gasteiger partial charge in [-0.3, -0.25) is 4.98 Å². The fourth-order valence-electron chi connectivity index (χ4n) is 6.15. The maximum atomic E-state index is 12.2. The number of nitrogens with one attached hydrogen (secondary N) is 2. The zero-order valence-corrected chi connectivity index (χ0v) is 32.3. The zero-order chi connectivity index (χ0) is 39.2. The molecule has 5 heterocycles. The molecule has 5 aromatic rings. The lowest BCUT2D eigenvalue weighted by atomic mass is 10.1. The number of piperidine rings is 2. The number of amides is 2. The van der Waals surface area contributed by atoms with Crippen LogP contribution in [0.4, 0.5) is 21.6 Å². The number of fused-ring (bicyclic) bond motifs is 2. The summed E-state index contributed by atoms with van der Waals surface area (Å²) in [7, 11) is 0. The van der Waals surface area contributed by atoms with E-state index in [0.717, 1.165) is 31.2 Å². The number of likely N-dealkylation sites (tertiary alicyclic amines) is 2. The summed E-state index contributed by atoms with van der Waals surface area (Å²) < 4.78 is 28.3. The second-order valence-corrected chi connectivity index (χ2v) is 15.7. The molecule has 3 N–H and O–H groups in total. The van der Waals surface area contributed by atoms with E-state index in [-0.39, 0.29) is 30.0 Å². The predicted molar refractivity (Wildman–Crippen MR) is 207 cm³/mol. The molecule has 7 rings (SSSR count). The van der Waals surface area contributed by atoms with E-state index in [4.69, 9.17) is 23.0 Å². The van der Waals surface area contributed by atoms with E-state index >= 15 is 0 Å². The van der Waals surface area contributed by atoms with Crippen molar-refractivity contribution >= 4 is 46.4 Å². The van der Waals surface area contributed by atoms with E-state index in [1.807, 2.05) is 71.9 Å². The molecule has 55 heavy (non-hydrogen) atoms. The smallest absolute Gasteiger partial charge is 0.410 e. The number of anilines is 2. The lowest BCUT2D eigenvalue weighted by Crippen LogP contribution is -2.44. The molecule has 2 aliphatic heterocycles. The number of ether oxygens (including phenoxy) is 3. The van der Waals surface area contributed by atoms with E-state index in [9.17, 15) is 14.7 Å². The largest absolute Gasteiger partial charge is 0.506 e. The standard InChI is InChI=1S/C23H28N4O4.C17H23N3O4/c1-23(2,3)31-22(28)27-13-9-17(10-14-27)25-21-26-20-18(5-4-6-19(20)30-21)29-15-16-7-11-24-12-8-16;1-17(2,3)24-16(22)20-9-7-11(8-10-20)18-15-19-14-12(21)5-4-6-13(14)23-15/h4-8,11-12,17H,9-10,13-15H2,1-3H3,(H,25,26);4-6,11,21H,7-10H2,1-3H3,(H,18,19). The minimum absolute atomic E-state index is 0.101. The van der Waals surface area contributed by atoms with Crippen LogP contribution in [-0.4, -0.2) is 91.5 Å². The number of nitrogens with zero attached hydrogens (tertiary/aromatic N) is 5. The number of carbonyl (C=O) groups excluding carboxylic acids is 2. The molecular weight excluding hydrogens is 706 g/mol. The van der Waals surface area contributed by atoms with Gasteiger partial charge in [0.1, 0.15) is 29.3 Å². The van der Waals surface area contributed by atoms with Gasteiger partial charge in [0.2, 0.25) is 0 Å². The van der Waals surface area contributed by atoms with E-state index < -0.39 is 11.2 Å². The van der Waals surface area contributed by atoms with Crippen LogP contribution in [0.2, 0.25) is 0 Å². The first-order chi connectivity index (χ1) is 26.2. The third kappa shape index (κ3) is 10.9. The van der Waals surface area contributed by atoms with Crippen LogP contribution in [0, 0.1) is 0 Å². The first-order valence-corrected chi connectivity index (χ1v) is 18.7. The van der Waals surface area contributed by atoms with Gasteiger partial charge in [0.25, 0.3) is 12.0 Å².